The molecule has 0 spiro atoms. The standard InChI is InChI=1S/C11H12BrNO3S/c1-16-11(15)9-3-8(6-17-9)13-5-7(4-12)2-10(13)14/h3,6-7H,2,4-5H2,1H3. The van der Waals surface area contributed by atoms with E-state index in [1.165, 1.54) is 18.4 Å². The molecule has 6 heteroatoms. The maximum atomic E-state index is 11.8. The van der Waals surface area contributed by atoms with Gasteiger partial charge in [0, 0.05) is 23.7 Å². The molecule has 0 radical (unpaired) electrons. The first-order valence-electron chi connectivity index (χ1n) is 5.19. The third-order valence-corrected chi connectivity index (χ3v) is 4.52. The third-order valence-electron chi connectivity index (χ3n) is 2.71. The third kappa shape index (κ3) is 2.52. The summed E-state index contributed by atoms with van der Waals surface area (Å²) in [5.41, 5.74) is 0.795. The summed E-state index contributed by atoms with van der Waals surface area (Å²) in [6.07, 6.45) is 0.564. The number of amides is 1. The Morgan fingerprint density at radius 2 is 2.47 bits per heavy atom. The second-order valence-corrected chi connectivity index (χ2v) is 5.45. The Morgan fingerprint density at radius 3 is 3.06 bits per heavy atom. The molecular formula is C11H12BrNO3S. The predicted octanol–water partition coefficient (Wildman–Crippen LogP) is 2.28. The average Bonchev–Trinajstić information content (AvgIpc) is 2.94. The highest BCUT2D eigenvalue weighted by molar-refractivity contribution is 9.09. The van der Waals surface area contributed by atoms with Gasteiger partial charge in [0.1, 0.15) is 4.88 Å². The fourth-order valence-corrected chi connectivity index (χ4v) is 3.05. The molecule has 1 unspecified atom stereocenters. The minimum Gasteiger partial charge on any atom is -0.465 e. The summed E-state index contributed by atoms with van der Waals surface area (Å²) >= 11 is 4.69. The fraction of sp³-hybridized carbons (Fsp3) is 0.455. The number of carbonyl (C=O) groups is 2. The van der Waals surface area contributed by atoms with Crippen LogP contribution >= 0.6 is 27.3 Å². The molecule has 1 aliphatic rings. The summed E-state index contributed by atoms with van der Waals surface area (Å²) in [6.45, 7) is 0.710. The molecule has 1 amide bonds. The predicted molar refractivity (Wildman–Crippen MR) is 69.9 cm³/mol. The van der Waals surface area contributed by atoms with Crippen LogP contribution in [0.3, 0.4) is 0 Å². The summed E-state index contributed by atoms with van der Waals surface area (Å²) in [5, 5.41) is 2.64. The number of rotatable bonds is 3. The van der Waals surface area contributed by atoms with Crippen molar-refractivity contribution in [2.24, 2.45) is 5.92 Å². The van der Waals surface area contributed by atoms with Crippen LogP contribution in [-0.2, 0) is 9.53 Å². The van der Waals surface area contributed by atoms with E-state index in [0.717, 1.165) is 11.0 Å². The van der Waals surface area contributed by atoms with Gasteiger partial charge in [-0.15, -0.1) is 11.3 Å². The number of thiophene rings is 1. The first-order valence-corrected chi connectivity index (χ1v) is 7.19. The molecule has 2 heterocycles. The number of alkyl halides is 1. The molecule has 92 valence electrons. The van der Waals surface area contributed by atoms with Crippen molar-refractivity contribution in [3.63, 3.8) is 0 Å². The molecule has 0 aromatic carbocycles. The molecule has 0 aliphatic carbocycles. The van der Waals surface area contributed by atoms with Gasteiger partial charge in [-0.2, -0.15) is 0 Å². The maximum absolute atomic E-state index is 11.8. The molecule has 0 bridgehead atoms. The average molecular weight is 318 g/mol. The minimum absolute atomic E-state index is 0.115. The minimum atomic E-state index is -0.357. The topological polar surface area (TPSA) is 46.6 Å². The monoisotopic (exact) mass is 317 g/mol. The van der Waals surface area contributed by atoms with E-state index in [4.69, 9.17) is 0 Å². The molecule has 4 nitrogen and oxygen atoms in total. The number of hydrogen-bond donors (Lipinski definition) is 0. The number of methoxy groups -OCH3 is 1. The molecule has 1 atom stereocenters. The van der Waals surface area contributed by atoms with Crippen molar-refractivity contribution in [2.45, 2.75) is 6.42 Å². The van der Waals surface area contributed by atoms with E-state index in [1.54, 1.807) is 11.0 Å². The zero-order valence-electron chi connectivity index (χ0n) is 9.31. The van der Waals surface area contributed by atoms with Gasteiger partial charge in [0.05, 0.1) is 12.8 Å². The van der Waals surface area contributed by atoms with Crippen LogP contribution in [0.15, 0.2) is 11.4 Å². The van der Waals surface area contributed by atoms with Crippen LogP contribution in [0, 0.1) is 5.92 Å². The molecule has 17 heavy (non-hydrogen) atoms. The van der Waals surface area contributed by atoms with Crippen LogP contribution in [0.4, 0.5) is 5.69 Å². The number of nitrogens with zero attached hydrogens (tertiary/aromatic N) is 1. The molecule has 1 aromatic rings. The van der Waals surface area contributed by atoms with E-state index < -0.39 is 0 Å². The summed E-state index contributed by atoms with van der Waals surface area (Å²) in [6, 6.07) is 1.71. The lowest BCUT2D eigenvalue weighted by atomic mass is 10.2. The van der Waals surface area contributed by atoms with E-state index >= 15 is 0 Å². The number of halogens is 1. The smallest absolute Gasteiger partial charge is 0.348 e. The lowest BCUT2D eigenvalue weighted by Crippen LogP contribution is -2.24. The van der Waals surface area contributed by atoms with Crippen molar-refractivity contribution >= 4 is 44.8 Å². The van der Waals surface area contributed by atoms with E-state index in [1.807, 2.05) is 5.38 Å². The molecule has 1 aromatic heterocycles. The maximum Gasteiger partial charge on any atom is 0.348 e. The lowest BCUT2D eigenvalue weighted by molar-refractivity contribution is -0.117. The Balaban J connectivity index is 2.15. The van der Waals surface area contributed by atoms with Crippen molar-refractivity contribution in [1.29, 1.82) is 0 Å². The van der Waals surface area contributed by atoms with Gasteiger partial charge in [-0.25, -0.2) is 4.79 Å². The van der Waals surface area contributed by atoms with Crippen LogP contribution in [0.1, 0.15) is 16.1 Å². The molecular weight excluding hydrogens is 306 g/mol. The SMILES string of the molecule is COC(=O)c1cc(N2CC(CBr)CC2=O)cs1. The normalized spacial score (nSPS) is 19.8. The quantitative estimate of drug-likeness (QED) is 0.634. The highest BCUT2D eigenvalue weighted by Gasteiger charge is 2.30. The number of carbonyl (C=O) groups excluding carboxylic acids is 2. The number of ether oxygens (including phenoxy) is 1. The van der Waals surface area contributed by atoms with Crippen molar-refractivity contribution < 1.29 is 14.3 Å². The Morgan fingerprint density at radius 1 is 1.71 bits per heavy atom. The number of esters is 1. The first-order chi connectivity index (χ1) is 8.15. The summed E-state index contributed by atoms with van der Waals surface area (Å²) < 4.78 is 4.64. The van der Waals surface area contributed by atoms with Gasteiger partial charge in [-0.1, -0.05) is 15.9 Å². The van der Waals surface area contributed by atoms with E-state index in [-0.39, 0.29) is 11.9 Å². The molecule has 0 N–H and O–H groups in total. The second kappa shape index (κ2) is 5.18. The number of hydrogen-bond acceptors (Lipinski definition) is 4. The van der Waals surface area contributed by atoms with Gasteiger partial charge in [0.2, 0.25) is 5.91 Å². The van der Waals surface area contributed by atoms with E-state index in [2.05, 4.69) is 20.7 Å². The van der Waals surface area contributed by atoms with Gasteiger partial charge >= 0.3 is 5.97 Å². The zero-order chi connectivity index (χ0) is 12.4. The summed E-state index contributed by atoms with van der Waals surface area (Å²) in [5.74, 6) is 0.109. The molecule has 1 aliphatic heterocycles. The summed E-state index contributed by atoms with van der Waals surface area (Å²) in [7, 11) is 1.35. The number of anilines is 1. The molecule has 1 fully saturated rings. The van der Waals surface area contributed by atoms with Crippen LogP contribution in [-0.4, -0.2) is 30.9 Å². The molecule has 2 rings (SSSR count). The highest BCUT2D eigenvalue weighted by atomic mass is 79.9. The van der Waals surface area contributed by atoms with Crippen molar-refractivity contribution in [2.75, 3.05) is 23.9 Å². The Bertz CT molecular complexity index is 446. The largest absolute Gasteiger partial charge is 0.465 e. The van der Waals surface area contributed by atoms with Crippen LogP contribution in [0.2, 0.25) is 0 Å². The van der Waals surface area contributed by atoms with Gasteiger partial charge in [-0.3, -0.25) is 4.79 Å². The van der Waals surface area contributed by atoms with E-state index in [0.29, 0.717) is 23.8 Å². The zero-order valence-corrected chi connectivity index (χ0v) is 11.7. The highest BCUT2D eigenvalue weighted by Crippen LogP contribution is 2.30. The molecule has 0 saturated carbocycles. The van der Waals surface area contributed by atoms with Crippen molar-refractivity contribution in [1.82, 2.24) is 0 Å². The van der Waals surface area contributed by atoms with Crippen molar-refractivity contribution in [3.8, 4) is 0 Å². The Kier molecular flexibility index (Phi) is 3.83. The Hall–Kier alpha value is -0.880. The lowest BCUT2D eigenvalue weighted by Gasteiger charge is -2.13. The van der Waals surface area contributed by atoms with Crippen LogP contribution in [0.25, 0.3) is 0 Å². The van der Waals surface area contributed by atoms with Gasteiger partial charge in [0.15, 0.2) is 0 Å². The second-order valence-electron chi connectivity index (χ2n) is 3.89. The Labute approximate surface area is 112 Å². The van der Waals surface area contributed by atoms with Crippen molar-refractivity contribution in [3.05, 3.63) is 16.3 Å². The van der Waals surface area contributed by atoms with E-state index in [9.17, 15) is 9.59 Å². The van der Waals surface area contributed by atoms with Gasteiger partial charge < -0.3 is 9.64 Å². The van der Waals surface area contributed by atoms with Crippen LogP contribution in [0.5, 0.6) is 0 Å². The molecule has 1 saturated heterocycles. The summed E-state index contributed by atoms with van der Waals surface area (Å²) in [4.78, 5) is 25.4. The van der Waals surface area contributed by atoms with Gasteiger partial charge in [0.25, 0.3) is 0 Å². The van der Waals surface area contributed by atoms with Crippen LogP contribution < -0.4 is 4.90 Å². The van der Waals surface area contributed by atoms with Gasteiger partial charge in [-0.05, 0) is 12.0 Å². The first kappa shape index (κ1) is 12.6. The fourth-order valence-electron chi connectivity index (χ4n) is 1.81.